The van der Waals surface area contributed by atoms with Gasteiger partial charge in [-0.1, -0.05) is 56.3 Å². The number of phenols is 1. The number of benzene rings is 2. The Hall–Kier alpha value is -2.33. The first-order chi connectivity index (χ1) is 12.2. The van der Waals surface area contributed by atoms with Crippen LogP contribution < -0.4 is 5.32 Å². The maximum Gasteiger partial charge on any atom is 0.228 e. The summed E-state index contributed by atoms with van der Waals surface area (Å²) in [5.74, 6) is 0.523. The van der Waals surface area contributed by atoms with E-state index < -0.39 is 11.5 Å². The van der Waals surface area contributed by atoms with Crippen LogP contribution in [0.4, 0.5) is 0 Å². The second kappa shape index (κ2) is 8.37. The molecule has 0 spiro atoms. The molecular formula is C22H29NO3. The molecule has 0 saturated heterocycles. The highest BCUT2D eigenvalue weighted by Crippen LogP contribution is 2.34. The van der Waals surface area contributed by atoms with Crippen molar-refractivity contribution in [1.82, 2.24) is 5.32 Å². The lowest BCUT2D eigenvalue weighted by molar-refractivity contribution is -0.135. The van der Waals surface area contributed by atoms with Crippen LogP contribution in [-0.4, -0.2) is 22.7 Å². The van der Waals surface area contributed by atoms with Gasteiger partial charge in [0.2, 0.25) is 5.91 Å². The van der Waals surface area contributed by atoms with E-state index in [0.717, 1.165) is 0 Å². The van der Waals surface area contributed by atoms with Crippen molar-refractivity contribution in [2.45, 2.75) is 39.7 Å². The minimum absolute atomic E-state index is 0.130. The zero-order valence-electron chi connectivity index (χ0n) is 15.9. The molecule has 2 aromatic rings. The molecule has 0 radical (unpaired) electrons. The van der Waals surface area contributed by atoms with Crippen LogP contribution in [0.3, 0.4) is 0 Å². The van der Waals surface area contributed by atoms with Gasteiger partial charge in [0.15, 0.2) is 0 Å². The predicted octanol–water partition coefficient (Wildman–Crippen LogP) is 4.01. The van der Waals surface area contributed by atoms with Crippen LogP contribution in [0.1, 0.15) is 50.8 Å². The van der Waals surface area contributed by atoms with Gasteiger partial charge < -0.3 is 15.5 Å². The number of carbonyl (C=O) groups is 1. The van der Waals surface area contributed by atoms with Crippen molar-refractivity contribution in [1.29, 1.82) is 0 Å². The van der Waals surface area contributed by atoms with Crippen LogP contribution in [0.25, 0.3) is 0 Å². The normalized spacial score (nSPS) is 14.1. The number of rotatable bonds is 7. The van der Waals surface area contributed by atoms with Gasteiger partial charge in [0.25, 0.3) is 0 Å². The molecule has 0 heterocycles. The monoisotopic (exact) mass is 355 g/mol. The molecule has 26 heavy (non-hydrogen) atoms. The number of aliphatic hydroxyl groups excluding tert-OH is 1. The van der Waals surface area contributed by atoms with Gasteiger partial charge >= 0.3 is 0 Å². The lowest BCUT2D eigenvalue weighted by Crippen LogP contribution is -2.43. The number of hydrogen-bond acceptors (Lipinski definition) is 3. The van der Waals surface area contributed by atoms with E-state index >= 15 is 0 Å². The van der Waals surface area contributed by atoms with Crippen molar-refractivity contribution in [2.24, 2.45) is 11.3 Å². The highest BCUT2D eigenvalue weighted by Gasteiger charge is 2.37. The molecule has 0 aliphatic heterocycles. The molecule has 1 amide bonds. The third-order valence-electron chi connectivity index (χ3n) is 4.99. The van der Waals surface area contributed by atoms with Crippen molar-refractivity contribution in [2.75, 3.05) is 6.54 Å². The molecule has 0 aromatic heterocycles. The summed E-state index contributed by atoms with van der Waals surface area (Å²) in [5, 5.41) is 23.1. The fourth-order valence-corrected chi connectivity index (χ4v) is 3.07. The van der Waals surface area contributed by atoms with Crippen LogP contribution >= 0.6 is 0 Å². The van der Waals surface area contributed by atoms with E-state index in [4.69, 9.17) is 0 Å². The van der Waals surface area contributed by atoms with E-state index in [2.05, 4.69) is 31.3 Å². The molecule has 4 nitrogen and oxygen atoms in total. The molecule has 0 bridgehead atoms. The van der Waals surface area contributed by atoms with Gasteiger partial charge in [0.1, 0.15) is 5.75 Å². The number of carbonyl (C=O) groups excluding carboxylic acids is 1. The Balaban J connectivity index is 2.08. The third kappa shape index (κ3) is 4.64. The van der Waals surface area contributed by atoms with Crippen LogP contribution in [0.5, 0.6) is 5.75 Å². The van der Waals surface area contributed by atoms with Crippen molar-refractivity contribution >= 4 is 5.91 Å². The van der Waals surface area contributed by atoms with E-state index in [0.29, 0.717) is 18.0 Å². The standard InChI is InChI=1S/C22H29NO3/c1-15(2)19(16-8-6-5-7-9-16)14-23-21(26)22(3,4)20(25)17-10-12-18(24)13-11-17/h5-13,15,19-20,24-25H,14H2,1-4H3,(H,23,26)/t19-,20+/m0/s1. The second-order valence-electron chi connectivity index (χ2n) is 7.69. The van der Waals surface area contributed by atoms with Crippen LogP contribution in [0.15, 0.2) is 54.6 Å². The van der Waals surface area contributed by atoms with Crippen molar-refractivity contribution in [3.05, 3.63) is 65.7 Å². The third-order valence-corrected chi connectivity index (χ3v) is 4.99. The zero-order chi connectivity index (χ0) is 19.3. The zero-order valence-corrected chi connectivity index (χ0v) is 15.9. The van der Waals surface area contributed by atoms with E-state index in [1.807, 2.05) is 18.2 Å². The molecule has 0 aliphatic carbocycles. The van der Waals surface area contributed by atoms with E-state index in [9.17, 15) is 15.0 Å². The highest BCUT2D eigenvalue weighted by atomic mass is 16.3. The van der Waals surface area contributed by atoms with Gasteiger partial charge in [-0.15, -0.1) is 0 Å². The smallest absolute Gasteiger partial charge is 0.228 e. The first kappa shape index (κ1) is 20.0. The Morgan fingerprint density at radius 1 is 1.00 bits per heavy atom. The van der Waals surface area contributed by atoms with Gasteiger partial charge in [-0.05, 0) is 43.0 Å². The Morgan fingerprint density at radius 2 is 1.58 bits per heavy atom. The quantitative estimate of drug-likeness (QED) is 0.703. The molecule has 0 unspecified atom stereocenters. The fourth-order valence-electron chi connectivity index (χ4n) is 3.07. The maximum absolute atomic E-state index is 12.8. The summed E-state index contributed by atoms with van der Waals surface area (Å²) in [5.41, 5.74) is 0.806. The highest BCUT2D eigenvalue weighted by molar-refractivity contribution is 5.82. The van der Waals surface area contributed by atoms with Crippen molar-refractivity contribution in [3.63, 3.8) is 0 Å². The average molecular weight is 355 g/mol. The average Bonchev–Trinajstić information content (AvgIpc) is 2.62. The maximum atomic E-state index is 12.8. The molecule has 3 N–H and O–H groups in total. The summed E-state index contributed by atoms with van der Waals surface area (Å²) >= 11 is 0. The molecule has 0 fully saturated rings. The number of phenolic OH excluding ortho intramolecular Hbond substituents is 1. The number of aromatic hydroxyl groups is 1. The van der Waals surface area contributed by atoms with Crippen molar-refractivity contribution < 1.29 is 15.0 Å². The van der Waals surface area contributed by atoms with Crippen molar-refractivity contribution in [3.8, 4) is 5.75 Å². The Kier molecular flexibility index (Phi) is 6.43. The Bertz CT molecular complexity index is 708. The SMILES string of the molecule is CC(C)[C@H](CNC(=O)C(C)(C)[C@H](O)c1ccc(O)cc1)c1ccccc1. The molecule has 0 aliphatic rings. The number of aliphatic hydroxyl groups is 1. The summed E-state index contributed by atoms with van der Waals surface area (Å²) in [6, 6.07) is 16.4. The molecule has 4 heteroatoms. The minimum Gasteiger partial charge on any atom is -0.508 e. The van der Waals surface area contributed by atoms with Gasteiger partial charge in [-0.25, -0.2) is 0 Å². The lowest BCUT2D eigenvalue weighted by Gasteiger charge is -2.31. The fraction of sp³-hybridized carbons (Fsp3) is 0.409. The van der Waals surface area contributed by atoms with E-state index in [-0.39, 0.29) is 17.6 Å². The number of nitrogens with one attached hydrogen (secondary N) is 1. The van der Waals surface area contributed by atoms with E-state index in [1.54, 1.807) is 26.0 Å². The van der Waals surface area contributed by atoms with Crippen LogP contribution in [-0.2, 0) is 4.79 Å². The summed E-state index contributed by atoms with van der Waals surface area (Å²) in [6.45, 7) is 8.26. The molecule has 2 aromatic carbocycles. The summed E-state index contributed by atoms with van der Waals surface area (Å²) in [4.78, 5) is 12.8. The molecule has 0 saturated carbocycles. The van der Waals surface area contributed by atoms with Gasteiger partial charge in [-0.2, -0.15) is 0 Å². The Labute approximate surface area is 155 Å². The minimum atomic E-state index is -0.991. The molecular weight excluding hydrogens is 326 g/mol. The molecule has 2 atom stereocenters. The molecule has 140 valence electrons. The number of amides is 1. The largest absolute Gasteiger partial charge is 0.508 e. The predicted molar refractivity (Wildman–Crippen MR) is 104 cm³/mol. The topological polar surface area (TPSA) is 69.6 Å². The van der Waals surface area contributed by atoms with Crippen LogP contribution in [0, 0.1) is 11.3 Å². The van der Waals surface area contributed by atoms with Gasteiger partial charge in [0, 0.05) is 12.5 Å². The van der Waals surface area contributed by atoms with Gasteiger partial charge in [0.05, 0.1) is 11.5 Å². The number of hydrogen-bond donors (Lipinski definition) is 3. The Morgan fingerprint density at radius 3 is 2.12 bits per heavy atom. The molecule has 2 rings (SSSR count). The summed E-state index contributed by atoms with van der Waals surface area (Å²) in [6.07, 6.45) is -0.961. The lowest BCUT2D eigenvalue weighted by atomic mass is 9.81. The first-order valence-electron chi connectivity index (χ1n) is 9.03. The first-order valence-corrected chi connectivity index (χ1v) is 9.03. The van der Waals surface area contributed by atoms with Gasteiger partial charge in [-0.3, -0.25) is 4.79 Å². The van der Waals surface area contributed by atoms with Crippen LogP contribution in [0.2, 0.25) is 0 Å². The van der Waals surface area contributed by atoms with E-state index in [1.165, 1.54) is 17.7 Å². The second-order valence-corrected chi connectivity index (χ2v) is 7.69. The summed E-state index contributed by atoms with van der Waals surface area (Å²) in [7, 11) is 0. The summed E-state index contributed by atoms with van der Waals surface area (Å²) < 4.78 is 0.